The molecule has 0 amide bonds. The molecule has 4 aliphatic heterocycles. The van der Waals surface area contributed by atoms with Crippen LogP contribution in [0.5, 0.6) is 0 Å². The third-order valence-corrected chi connectivity index (χ3v) is 8.35. The number of nitriles is 1. The maximum atomic E-state index is 9.54. The molecule has 0 radical (unpaired) electrons. The highest BCUT2D eigenvalue weighted by Gasteiger charge is 2.46. The van der Waals surface area contributed by atoms with Gasteiger partial charge < -0.3 is 19.9 Å². The molecule has 1 aromatic heterocycles. The van der Waals surface area contributed by atoms with Gasteiger partial charge in [-0.05, 0) is 54.4 Å². The molecule has 35 heavy (non-hydrogen) atoms. The van der Waals surface area contributed by atoms with Crippen molar-refractivity contribution in [1.82, 2.24) is 15.2 Å². The lowest BCUT2D eigenvalue weighted by molar-refractivity contribution is -0.0828. The van der Waals surface area contributed by atoms with Crippen molar-refractivity contribution in [2.24, 2.45) is 0 Å². The summed E-state index contributed by atoms with van der Waals surface area (Å²) in [4.78, 5) is 12.1. The molecule has 1 N–H and O–H groups in total. The zero-order valence-electron chi connectivity index (χ0n) is 20.1. The Morgan fingerprint density at radius 1 is 1.14 bits per heavy atom. The van der Waals surface area contributed by atoms with Crippen LogP contribution in [-0.4, -0.2) is 67.4 Å². The predicted molar refractivity (Wildman–Crippen MR) is 137 cm³/mol. The fourth-order valence-corrected chi connectivity index (χ4v) is 6.57. The van der Waals surface area contributed by atoms with E-state index in [4.69, 9.17) is 4.74 Å². The van der Waals surface area contributed by atoms with E-state index in [1.807, 2.05) is 12.1 Å². The minimum atomic E-state index is 0.00247. The summed E-state index contributed by atoms with van der Waals surface area (Å²) in [7, 11) is 0. The molecule has 0 aliphatic carbocycles. The van der Waals surface area contributed by atoms with Crippen molar-refractivity contribution in [3.8, 4) is 6.07 Å². The van der Waals surface area contributed by atoms with Gasteiger partial charge in [0.05, 0.1) is 36.8 Å². The number of pyridine rings is 1. The maximum absolute atomic E-state index is 9.54. The largest absolute Gasteiger partial charge is 0.369 e. The average Bonchev–Trinajstić information content (AvgIpc) is 3.25. The Morgan fingerprint density at radius 2 is 2.06 bits per heavy atom. The number of rotatable bonds is 2. The Morgan fingerprint density at radius 3 is 2.89 bits per heavy atom. The Balaban J connectivity index is 1.16. The van der Waals surface area contributed by atoms with Gasteiger partial charge in [-0.15, -0.1) is 0 Å². The third kappa shape index (κ3) is 3.32. The second kappa shape index (κ2) is 7.92. The summed E-state index contributed by atoms with van der Waals surface area (Å²) in [6.45, 7) is 9.92. The summed E-state index contributed by atoms with van der Waals surface area (Å²) in [6, 6.07) is 18.3. The SMILES string of the molecule is CC1CN(c2ccc(C#N)c3ncccc23)CC2c3ccc(N4CC5(CNCCO5)C4)cc3CN12. The first-order valence-corrected chi connectivity index (χ1v) is 12.7. The maximum Gasteiger partial charge on any atom is 0.115 e. The molecule has 3 fully saturated rings. The number of morpholine rings is 1. The highest BCUT2D eigenvalue weighted by atomic mass is 16.5. The minimum Gasteiger partial charge on any atom is -0.369 e. The Labute approximate surface area is 205 Å². The second-order valence-corrected chi connectivity index (χ2v) is 10.5. The van der Waals surface area contributed by atoms with Gasteiger partial charge in [0.1, 0.15) is 11.7 Å². The normalized spacial score (nSPS) is 25.3. The number of anilines is 2. The van der Waals surface area contributed by atoms with Crippen molar-refractivity contribution in [3.05, 3.63) is 65.4 Å². The van der Waals surface area contributed by atoms with Crippen LogP contribution in [0.3, 0.4) is 0 Å². The molecule has 7 heteroatoms. The van der Waals surface area contributed by atoms with Crippen LogP contribution in [0, 0.1) is 11.3 Å². The molecule has 3 saturated heterocycles. The van der Waals surface area contributed by atoms with Gasteiger partial charge in [-0.25, -0.2) is 0 Å². The molecule has 2 atom stereocenters. The molecule has 7 nitrogen and oxygen atoms in total. The third-order valence-electron chi connectivity index (χ3n) is 8.35. The first-order chi connectivity index (χ1) is 17.1. The van der Waals surface area contributed by atoms with Gasteiger partial charge in [0.25, 0.3) is 0 Å². The molecule has 5 heterocycles. The molecule has 0 bridgehead atoms. The van der Waals surface area contributed by atoms with E-state index in [-0.39, 0.29) is 5.60 Å². The van der Waals surface area contributed by atoms with Crippen molar-refractivity contribution < 1.29 is 4.74 Å². The number of fused-ring (bicyclic) bond motifs is 4. The van der Waals surface area contributed by atoms with Gasteiger partial charge in [0.15, 0.2) is 0 Å². The van der Waals surface area contributed by atoms with Crippen LogP contribution in [0.1, 0.15) is 29.7 Å². The van der Waals surface area contributed by atoms with Crippen LogP contribution in [-0.2, 0) is 11.3 Å². The lowest BCUT2D eigenvalue weighted by Gasteiger charge is -2.52. The monoisotopic (exact) mass is 466 g/mol. The topological polar surface area (TPSA) is 67.7 Å². The van der Waals surface area contributed by atoms with Crippen molar-refractivity contribution in [2.75, 3.05) is 55.7 Å². The summed E-state index contributed by atoms with van der Waals surface area (Å²) in [5.41, 5.74) is 6.83. The quantitative estimate of drug-likeness (QED) is 0.623. The Bertz CT molecular complexity index is 1340. The average molecular weight is 467 g/mol. The molecule has 2 unspecified atom stereocenters. The van der Waals surface area contributed by atoms with Crippen molar-refractivity contribution in [2.45, 2.75) is 31.2 Å². The second-order valence-electron chi connectivity index (χ2n) is 10.5. The molecular formula is C28H30N6O. The number of hydrogen-bond acceptors (Lipinski definition) is 7. The van der Waals surface area contributed by atoms with E-state index in [0.29, 0.717) is 17.6 Å². The molecule has 1 spiro atoms. The highest BCUT2D eigenvalue weighted by molar-refractivity contribution is 5.95. The van der Waals surface area contributed by atoms with Crippen LogP contribution in [0.2, 0.25) is 0 Å². The zero-order chi connectivity index (χ0) is 23.6. The molecular weight excluding hydrogens is 436 g/mol. The lowest BCUT2D eigenvalue weighted by atomic mass is 9.91. The van der Waals surface area contributed by atoms with Crippen LogP contribution in [0.15, 0.2) is 48.7 Å². The van der Waals surface area contributed by atoms with Gasteiger partial charge in [-0.3, -0.25) is 9.88 Å². The summed E-state index contributed by atoms with van der Waals surface area (Å²) in [6.07, 6.45) is 1.77. The smallest absolute Gasteiger partial charge is 0.115 e. The number of hydrogen-bond donors (Lipinski definition) is 1. The van der Waals surface area contributed by atoms with Crippen molar-refractivity contribution in [1.29, 1.82) is 5.26 Å². The number of piperazine rings is 1. The summed E-state index contributed by atoms with van der Waals surface area (Å²) < 4.78 is 6.10. The van der Waals surface area contributed by atoms with Gasteiger partial charge in [-0.1, -0.05) is 6.07 Å². The fourth-order valence-electron chi connectivity index (χ4n) is 6.57. The van der Waals surface area contributed by atoms with Gasteiger partial charge in [0, 0.05) is 61.7 Å². The van der Waals surface area contributed by atoms with E-state index in [1.165, 1.54) is 22.5 Å². The van der Waals surface area contributed by atoms with E-state index >= 15 is 0 Å². The van der Waals surface area contributed by atoms with Crippen molar-refractivity contribution in [3.63, 3.8) is 0 Å². The molecule has 3 aromatic rings. The number of benzene rings is 2. The molecule has 2 aromatic carbocycles. The predicted octanol–water partition coefficient (Wildman–Crippen LogP) is 3.05. The van der Waals surface area contributed by atoms with Crippen molar-refractivity contribution >= 4 is 22.3 Å². The van der Waals surface area contributed by atoms with Crippen LogP contribution in [0.25, 0.3) is 10.9 Å². The lowest BCUT2D eigenvalue weighted by Crippen LogP contribution is -2.69. The standard InChI is InChI=1S/C28H30N6O/c1-19-13-32(25-7-4-20(12-29)27-24(25)3-2-8-31-27)15-26-23-6-5-22(11-21(23)14-34(19)26)33-17-28(18-33)16-30-9-10-35-28/h2-8,11,19,26,30H,9-10,13-18H2,1H3. The van der Waals surface area contributed by atoms with E-state index in [2.05, 4.69) is 68.3 Å². The number of nitrogens with one attached hydrogen (secondary N) is 1. The van der Waals surface area contributed by atoms with Gasteiger partial charge in [-0.2, -0.15) is 5.26 Å². The summed E-state index contributed by atoms with van der Waals surface area (Å²) >= 11 is 0. The van der Waals surface area contributed by atoms with Gasteiger partial charge in [0.2, 0.25) is 0 Å². The minimum absolute atomic E-state index is 0.00247. The van der Waals surface area contributed by atoms with E-state index in [1.54, 1.807) is 6.20 Å². The first-order valence-electron chi connectivity index (χ1n) is 12.7. The summed E-state index contributed by atoms with van der Waals surface area (Å²) in [5.74, 6) is 0. The van der Waals surface area contributed by atoms with E-state index < -0.39 is 0 Å². The number of nitrogens with zero attached hydrogens (tertiary/aromatic N) is 5. The fraction of sp³-hybridized carbons (Fsp3) is 0.429. The number of aromatic nitrogens is 1. The highest BCUT2D eigenvalue weighted by Crippen LogP contribution is 2.43. The van der Waals surface area contributed by atoms with E-state index in [0.717, 1.165) is 63.3 Å². The van der Waals surface area contributed by atoms with Crippen LogP contribution < -0.4 is 15.1 Å². The first kappa shape index (κ1) is 21.1. The van der Waals surface area contributed by atoms with Gasteiger partial charge >= 0.3 is 0 Å². The number of ether oxygens (including phenoxy) is 1. The molecule has 4 aliphatic rings. The summed E-state index contributed by atoms with van der Waals surface area (Å²) in [5, 5.41) is 14.1. The molecule has 7 rings (SSSR count). The Hall–Kier alpha value is -3.18. The Kier molecular flexibility index (Phi) is 4.78. The van der Waals surface area contributed by atoms with Crippen LogP contribution >= 0.6 is 0 Å². The van der Waals surface area contributed by atoms with E-state index in [9.17, 15) is 5.26 Å². The molecule has 0 saturated carbocycles. The molecule has 178 valence electrons. The zero-order valence-corrected chi connectivity index (χ0v) is 20.1. The van der Waals surface area contributed by atoms with Crippen LogP contribution in [0.4, 0.5) is 11.4 Å².